The fraction of sp³-hybridized carbons (Fsp3) is 0.364. The number of anilines is 1. The summed E-state index contributed by atoms with van der Waals surface area (Å²) in [4.78, 5) is 52.6. The number of nitrogens with zero attached hydrogens (tertiary/aromatic N) is 1. The van der Waals surface area contributed by atoms with Crippen molar-refractivity contribution in [1.29, 1.82) is 0 Å². The van der Waals surface area contributed by atoms with Crippen molar-refractivity contribution in [3.05, 3.63) is 51.9 Å². The topological polar surface area (TPSA) is 105 Å². The predicted molar refractivity (Wildman–Crippen MR) is 115 cm³/mol. The first-order valence-electron chi connectivity index (χ1n) is 10.2. The highest BCUT2D eigenvalue weighted by Crippen LogP contribution is 2.41. The number of aryl methyl sites for hydroxylation is 2. The van der Waals surface area contributed by atoms with Crippen molar-refractivity contribution in [3.8, 4) is 0 Å². The van der Waals surface area contributed by atoms with Gasteiger partial charge in [0.2, 0.25) is 5.91 Å². The van der Waals surface area contributed by atoms with Crippen molar-refractivity contribution in [2.45, 2.75) is 38.6 Å². The maximum absolute atomic E-state index is 13.2. The molecule has 2 heterocycles. The van der Waals surface area contributed by atoms with E-state index < -0.39 is 35.9 Å². The monoisotopic (exact) mass is 441 g/mol. The Morgan fingerprint density at radius 3 is 2.77 bits per heavy atom. The van der Waals surface area contributed by atoms with Gasteiger partial charge in [-0.3, -0.25) is 14.5 Å². The van der Waals surface area contributed by atoms with Gasteiger partial charge in [0.25, 0.3) is 5.91 Å². The van der Waals surface area contributed by atoms with E-state index in [0.29, 0.717) is 24.3 Å². The van der Waals surface area contributed by atoms with Crippen LogP contribution in [0.25, 0.3) is 0 Å². The Morgan fingerprint density at radius 1 is 1.26 bits per heavy atom. The minimum atomic E-state index is -1.11. The number of esters is 1. The van der Waals surface area contributed by atoms with E-state index in [1.54, 1.807) is 13.0 Å². The molecule has 0 unspecified atom stereocenters. The minimum Gasteiger partial charge on any atom is -0.462 e. The van der Waals surface area contributed by atoms with Gasteiger partial charge in [-0.15, -0.1) is 11.3 Å². The average molecular weight is 442 g/mol. The summed E-state index contributed by atoms with van der Waals surface area (Å²) in [6.45, 7) is 3.43. The average Bonchev–Trinajstić information content (AvgIpc) is 3.40. The molecule has 1 aliphatic heterocycles. The lowest BCUT2D eigenvalue weighted by molar-refractivity contribution is -0.134. The third-order valence-electron chi connectivity index (χ3n) is 5.60. The molecule has 4 amide bonds. The van der Waals surface area contributed by atoms with E-state index in [1.165, 1.54) is 11.3 Å². The molecule has 162 valence electrons. The Morgan fingerprint density at radius 2 is 2.03 bits per heavy atom. The number of benzene rings is 1. The number of hydrogen-bond acceptors (Lipinski definition) is 6. The lowest BCUT2D eigenvalue weighted by atomic mass is 9.92. The van der Waals surface area contributed by atoms with Gasteiger partial charge >= 0.3 is 12.0 Å². The molecule has 8 nitrogen and oxygen atoms in total. The molecule has 31 heavy (non-hydrogen) atoms. The number of ether oxygens (including phenoxy) is 1. The van der Waals surface area contributed by atoms with Crippen LogP contribution in [0.15, 0.2) is 30.3 Å². The van der Waals surface area contributed by atoms with E-state index in [0.717, 1.165) is 20.9 Å². The second kappa shape index (κ2) is 8.14. The summed E-state index contributed by atoms with van der Waals surface area (Å²) in [5, 5.41) is 5.83. The van der Waals surface area contributed by atoms with Crippen LogP contribution in [-0.4, -0.2) is 41.9 Å². The van der Waals surface area contributed by atoms with Crippen molar-refractivity contribution in [2.75, 3.05) is 18.5 Å². The van der Waals surface area contributed by atoms with Gasteiger partial charge in [-0.05, 0) is 43.4 Å². The number of fused-ring (bicyclic) bond motifs is 2. The van der Waals surface area contributed by atoms with E-state index in [-0.39, 0.29) is 12.2 Å². The Bertz CT molecular complexity index is 1080. The smallest absolute Gasteiger partial charge is 0.341 e. The lowest BCUT2D eigenvalue weighted by Crippen LogP contribution is -2.43. The number of carbonyl (C=O) groups is 4. The first kappa shape index (κ1) is 21.0. The Kier molecular flexibility index (Phi) is 5.53. The third kappa shape index (κ3) is 3.59. The van der Waals surface area contributed by atoms with Gasteiger partial charge in [0.15, 0.2) is 0 Å². The molecular weight excluding hydrogens is 418 g/mol. The fourth-order valence-electron chi connectivity index (χ4n) is 4.11. The first-order chi connectivity index (χ1) is 14.9. The number of rotatable bonds is 6. The van der Waals surface area contributed by atoms with E-state index in [2.05, 4.69) is 10.6 Å². The van der Waals surface area contributed by atoms with Gasteiger partial charge in [-0.1, -0.05) is 31.2 Å². The highest BCUT2D eigenvalue weighted by atomic mass is 32.1. The summed E-state index contributed by atoms with van der Waals surface area (Å²) in [7, 11) is 0. The summed E-state index contributed by atoms with van der Waals surface area (Å²) in [5.41, 5.74) is 0.969. The zero-order chi connectivity index (χ0) is 22.2. The summed E-state index contributed by atoms with van der Waals surface area (Å²) < 4.78 is 5.06. The van der Waals surface area contributed by atoms with Crippen LogP contribution < -0.4 is 10.6 Å². The van der Waals surface area contributed by atoms with E-state index in [9.17, 15) is 19.2 Å². The maximum Gasteiger partial charge on any atom is 0.341 e. The molecule has 0 radical (unpaired) electrons. The van der Waals surface area contributed by atoms with Gasteiger partial charge < -0.3 is 15.4 Å². The molecule has 1 spiro atoms. The lowest BCUT2D eigenvalue weighted by Gasteiger charge is -2.22. The van der Waals surface area contributed by atoms with Crippen LogP contribution >= 0.6 is 11.3 Å². The van der Waals surface area contributed by atoms with Crippen molar-refractivity contribution >= 4 is 40.2 Å². The SMILES string of the molecule is CCOC(=O)c1cc(CC)sc1NC(=O)CN1C(=O)N[C@@]2(CCc3ccccc32)C1=O. The van der Waals surface area contributed by atoms with Gasteiger partial charge in [0.05, 0.1) is 12.2 Å². The van der Waals surface area contributed by atoms with Crippen molar-refractivity contribution in [1.82, 2.24) is 10.2 Å². The standard InChI is InChI=1S/C22H23N3O5S/c1-3-14-11-15(19(27)30-4-2)18(31-14)23-17(26)12-25-20(28)22(24-21(25)29)10-9-13-7-5-6-8-16(13)22/h5-8,11H,3-4,9-10,12H2,1-2H3,(H,23,26)(H,24,29)/t22-/m1/s1. The number of nitrogens with one attached hydrogen (secondary N) is 2. The number of thiophene rings is 1. The van der Waals surface area contributed by atoms with Crippen LogP contribution in [0.3, 0.4) is 0 Å². The van der Waals surface area contributed by atoms with Crippen LogP contribution in [0.2, 0.25) is 0 Å². The molecule has 9 heteroatoms. The number of imide groups is 1. The maximum atomic E-state index is 13.2. The minimum absolute atomic E-state index is 0.218. The molecule has 1 saturated heterocycles. The second-order valence-corrected chi connectivity index (χ2v) is 8.60. The normalized spacial score (nSPS) is 19.5. The number of hydrogen-bond donors (Lipinski definition) is 2. The van der Waals surface area contributed by atoms with Gasteiger partial charge in [-0.25, -0.2) is 9.59 Å². The molecule has 0 saturated carbocycles. The highest BCUT2D eigenvalue weighted by Gasteiger charge is 2.55. The Balaban J connectivity index is 1.51. The Hall–Kier alpha value is -3.20. The van der Waals surface area contributed by atoms with Crippen molar-refractivity contribution in [3.63, 3.8) is 0 Å². The fourth-order valence-corrected chi connectivity index (χ4v) is 5.11. The van der Waals surface area contributed by atoms with Crippen molar-refractivity contribution < 1.29 is 23.9 Å². The number of urea groups is 1. The molecule has 1 aromatic heterocycles. The van der Waals surface area contributed by atoms with Crippen LogP contribution in [0, 0.1) is 0 Å². The predicted octanol–water partition coefficient (Wildman–Crippen LogP) is 2.82. The van der Waals surface area contributed by atoms with Crippen LogP contribution in [0.1, 0.15) is 46.6 Å². The first-order valence-corrected chi connectivity index (χ1v) is 11.0. The Labute approximate surface area is 183 Å². The van der Waals surface area contributed by atoms with E-state index in [4.69, 9.17) is 4.74 Å². The van der Waals surface area contributed by atoms with Crippen LogP contribution in [0.5, 0.6) is 0 Å². The van der Waals surface area contributed by atoms with E-state index >= 15 is 0 Å². The second-order valence-electron chi connectivity index (χ2n) is 7.46. The van der Waals surface area contributed by atoms with Crippen LogP contribution in [0.4, 0.5) is 9.80 Å². The largest absolute Gasteiger partial charge is 0.462 e. The third-order valence-corrected chi connectivity index (χ3v) is 6.80. The summed E-state index contributed by atoms with van der Waals surface area (Å²) >= 11 is 1.27. The highest BCUT2D eigenvalue weighted by molar-refractivity contribution is 7.16. The summed E-state index contributed by atoms with van der Waals surface area (Å²) in [6, 6.07) is 8.61. The molecule has 2 N–H and O–H groups in total. The molecule has 2 aliphatic rings. The number of carbonyl (C=O) groups excluding carboxylic acids is 4. The molecule has 0 bridgehead atoms. The van der Waals surface area contributed by atoms with E-state index in [1.807, 2.05) is 31.2 Å². The van der Waals surface area contributed by atoms with Gasteiger partial charge in [0, 0.05) is 4.88 Å². The molecule has 2 aromatic rings. The van der Waals surface area contributed by atoms with Crippen LogP contribution in [-0.2, 0) is 32.7 Å². The van der Waals surface area contributed by atoms with Gasteiger partial charge in [-0.2, -0.15) is 0 Å². The molecule has 1 atom stereocenters. The summed E-state index contributed by atoms with van der Waals surface area (Å²) in [5.74, 6) is -1.50. The zero-order valence-corrected chi connectivity index (χ0v) is 18.1. The molecule has 4 rings (SSSR count). The molecule has 1 aromatic carbocycles. The molecular formula is C22H23N3O5S. The van der Waals surface area contributed by atoms with Crippen molar-refractivity contribution in [2.24, 2.45) is 0 Å². The number of amides is 4. The zero-order valence-electron chi connectivity index (χ0n) is 17.3. The van der Waals surface area contributed by atoms with Gasteiger partial charge in [0.1, 0.15) is 17.1 Å². The molecule has 1 aliphatic carbocycles. The quantitative estimate of drug-likeness (QED) is 0.530. The summed E-state index contributed by atoms with van der Waals surface area (Å²) in [6.07, 6.45) is 1.84. The molecule has 1 fully saturated rings.